The van der Waals surface area contributed by atoms with Crippen LogP contribution in [0.25, 0.3) is 0 Å². The monoisotopic (exact) mass is 474 g/mol. The SMILES string of the molecule is Cc1ccc(Cn2nc(C)c(C(=O)N3CCC(C(=O)Nc4ccc5c(c4)OCO5)CC3)c2C)cc1. The van der Waals surface area contributed by atoms with Crippen molar-refractivity contribution in [1.29, 1.82) is 0 Å². The molecule has 0 bridgehead atoms. The average Bonchev–Trinajstić information content (AvgIpc) is 3.43. The summed E-state index contributed by atoms with van der Waals surface area (Å²) in [5.74, 6) is 1.13. The van der Waals surface area contributed by atoms with E-state index in [1.165, 1.54) is 5.56 Å². The minimum Gasteiger partial charge on any atom is -0.454 e. The van der Waals surface area contributed by atoms with Gasteiger partial charge in [-0.3, -0.25) is 14.3 Å². The van der Waals surface area contributed by atoms with Gasteiger partial charge in [-0.15, -0.1) is 0 Å². The molecule has 8 heteroatoms. The molecule has 0 radical (unpaired) electrons. The summed E-state index contributed by atoms with van der Waals surface area (Å²) < 4.78 is 12.6. The van der Waals surface area contributed by atoms with Crippen molar-refractivity contribution in [3.63, 3.8) is 0 Å². The van der Waals surface area contributed by atoms with Crippen molar-refractivity contribution in [2.24, 2.45) is 5.92 Å². The molecule has 3 heterocycles. The van der Waals surface area contributed by atoms with Crippen LogP contribution in [0.1, 0.15) is 45.7 Å². The highest BCUT2D eigenvalue weighted by atomic mass is 16.7. The van der Waals surface area contributed by atoms with Gasteiger partial charge in [0, 0.05) is 36.5 Å². The Morgan fingerprint density at radius 1 is 1.00 bits per heavy atom. The quantitative estimate of drug-likeness (QED) is 0.602. The predicted octanol–water partition coefficient (Wildman–Crippen LogP) is 4.08. The van der Waals surface area contributed by atoms with E-state index in [0.717, 1.165) is 17.0 Å². The Morgan fingerprint density at radius 3 is 2.46 bits per heavy atom. The van der Waals surface area contributed by atoms with Crippen molar-refractivity contribution < 1.29 is 19.1 Å². The van der Waals surface area contributed by atoms with E-state index in [4.69, 9.17) is 9.47 Å². The van der Waals surface area contributed by atoms with Gasteiger partial charge >= 0.3 is 0 Å². The number of fused-ring (bicyclic) bond motifs is 1. The van der Waals surface area contributed by atoms with Gasteiger partial charge in [0.2, 0.25) is 12.7 Å². The van der Waals surface area contributed by atoms with Gasteiger partial charge in [0.25, 0.3) is 5.91 Å². The van der Waals surface area contributed by atoms with Crippen LogP contribution in [0.2, 0.25) is 0 Å². The minimum absolute atomic E-state index is 0.00946. The maximum absolute atomic E-state index is 13.4. The zero-order valence-corrected chi connectivity index (χ0v) is 20.3. The largest absolute Gasteiger partial charge is 0.454 e. The molecule has 0 aliphatic carbocycles. The van der Waals surface area contributed by atoms with Crippen LogP contribution in [0.3, 0.4) is 0 Å². The number of ether oxygens (including phenoxy) is 2. The fourth-order valence-electron chi connectivity index (χ4n) is 4.75. The Kier molecular flexibility index (Phi) is 6.19. The van der Waals surface area contributed by atoms with Crippen molar-refractivity contribution in [3.8, 4) is 11.5 Å². The van der Waals surface area contributed by atoms with E-state index in [1.54, 1.807) is 12.1 Å². The van der Waals surface area contributed by atoms with E-state index in [9.17, 15) is 9.59 Å². The third-order valence-electron chi connectivity index (χ3n) is 6.84. The van der Waals surface area contributed by atoms with Crippen LogP contribution >= 0.6 is 0 Å². The first kappa shape index (κ1) is 23.0. The molecule has 2 aromatic carbocycles. The third-order valence-corrected chi connectivity index (χ3v) is 6.84. The number of rotatable bonds is 5. The maximum Gasteiger partial charge on any atom is 0.257 e. The van der Waals surface area contributed by atoms with Gasteiger partial charge in [-0.05, 0) is 51.3 Å². The summed E-state index contributed by atoms with van der Waals surface area (Å²) in [6, 6.07) is 13.7. The molecule has 0 spiro atoms. The molecule has 2 amide bonds. The number of hydrogen-bond acceptors (Lipinski definition) is 5. The molecule has 2 aliphatic rings. The molecule has 1 fully saturated rings. The fourth-order valence-corrected chi connectivity index (χ4v) is 4.75. The second-order valence-electron chi connectivity index (χ2n) is 9.31. The van der Waals surface area contributed by atoms with Crippen molar-refractivity contribution in [2.45, 2.75) is 40.2 Å². The first-order valence-electron chi connectivity index (χ1n) is 12.0. The number of nitrogens with zero attached hydrogens (tertiary/aromatic N) is 3. The minimum atomic E-state index is -0.143. The van der Waals surface area contributed by atoms with E-state index in [2.05, 4.69) is 41.6 Å². The number of likely N-dealkylation sites (tertiary alicyclic amines) is 1. The lowest BCUT2D eigenvalue weighted by Gasteiger charge is -2.31. The smallest absolute Gasteiger partial charge is 0.257 e. The Labute approximate surface area is 204 Å². The molecular formula is C27H30N4O4. The molecule has 2 aliphatic heterocycles. The molecule has 3 aromatic rings. The summed E-state index contributed by atoms with van der Waals surface area (Å²) in [5.41, 5.74) is 5.32. The van der Waals surface area contributed by atoms with Crippen molar-refractivity contribution in [1.82, 2.24) is 14.7 Å². The van der Waals surface area contributed by atoms with E-state index in [-0.39, 0.29) is 24.5 Å². The lowest BCUT2D eigenvalue weighted by atomic mass is 9.95. The highest BCUT2D eigenvalue weighted by molar-refractivity contribution is 5.97. The van der Waals surface area contributed by atoms with E-state index >= 15 is 0 Å². The number of amides is 2. The Morgan fingerprint density at radius 2 is 1.71 bits per heavy atom. The molecule has 0 unspecified atom stereocenters. The Balaban J connectivity index is 1.20. The van der Waals surface area contributed by atoms with Crippen LogP contribution in [0.15, 0.2) is 42.5 Å². The molecular weight excluding hydrogens is 444 g/mol. The second kappa shape index (κ2) is 9.44. The van der Waals surface area contributed by atoms with Gasteiger partial charge in [0.15, 0.2) is 11.5 Å². The van der Waals surface area contributed by atoms with Crippen LogP contribution in [0.4, 0.5) is 5.69 Å². The summed E-state index contributed by atoms with van der Waals surface area (Å²) >= 11 is 0. The molecule has 1 N–H and O–H groups in total. The van der Waals surface area contributed by atoms with Gasteiger partial charge in [0.1, 0.15) is 0 Å². The van der Waals surface area contributed by atoms with Gasteiger partial charge in [-0.25, -0.2) is 0 Å². The number of nitrogens with one attached hydrogen (secondary N) is 1. The predicted molar refractivity (Wildman–Crippen MR) is 132 cm³/mol. The summed E-state index contributed by atoms with van der Waals surface area (Å²) in [7, 11) is 0. The molecule has 0 saturated carbocycles. The molecule has 35 heavy (non-hydrogen) atoms. The highest BCUT2D eigenvalue weighted by Crippen LogP contribution is 2.34. The third kappa shape index (κ3) is 4.73. The van der Waals surface area contributed by atoms with Crippen LogP contribution in [-0.2, 0) is 11.3 Å². The topological polar surface area (TPSA) is 85.7 Å². The summed E-state index contributed by atoms with van der Waals surface area (Å²) in [6.45, 7) is 7.81. The Bertz CT molecular complexity index is 1260. The summed E-state index contributed by atoms with van der Waals surface area (Å²) in [4.78, 5) is 28.0. The molecule has 1 aromatic heterocycles. The number of benzene rings is 2. The van der Waals surface area contributed by atoms with Crippen molar-refractivity contribution in [3.05, 3.63) is 70.5 Å². The molecule has 8 nitrogen and oxygen atoms in total. The molecule has 1 saturated heterocycles. The number of carbonyl (C=O) groups is 2. The van der Waals surface area contributed by atoms with Gasteiger partial charge in [0.05, 0.1) is 17.8 Å². The number of aromatic nitrogens is 2. The number of aryl methyl sites for hydroxylation is 2. The van der Waals surface area contributed by atoms with E-state index < -0.39 is 0 Å². The first-order valence-corrected chi connectivity index (χ1v) is 12.0. The standard InChI is InChI=1S/C27H30N4O4/c1-17-4-6-20(7-5-17)15-31-19(3)25(18(2)29-31)27(33)30-12-10-21(11-13-30)26(32)28-22-8-9-23-24(14-22)35-16-34-23/h4-9,14,21H,10-13,15-16H2,1-3H3,(H,28,32). The first-order chi connectivity index (χ1) is 16.9. The maximum atomic E-state index is 13.4. The van der Waals surface area contributed by atoms with Gasteiger partial charge in [-0.1, -0.05) is 29.8 Å². The zero-order chi connectivity index (χ0) is 24.5. The van der Waals surface area contributed by atoms with E-state index in [1.807, 2.05) is 29.5 Å². The molecule has 5 rings (SSSR count). The van der Waals surface area contributed by atoms with Gasteiger partial charge in [-0.2, -0.15) is 5.10 Å². The Hall–Kier alpha value is -3.81. The molecule has 182 valence electrons. The second-order valence-corrected chi connectivity index (χ2v) is 9.31. The number of hydrogen-bond donors (Lipinski definition) is 1. The molecule has 0 atom stereocenters. The van der Waals surface area contributed by atoms with E-state index in [0.29, 0.717) is 55.2 Å². The van der Waals surface area contributed by atoms with Crippen molar-refractivity contribution in [2.75, 3.05) is 25.2 Å². The van der Waals surface area contributed by atoms with Crippen molar-refractivity contribution >= 4 is 17.5 Å². The summed E-state index contributed by atoms with van der Waals surface area (Å²) in [6.07, 6.45) is 1.25. The lowest BCUT2D eigenvalue weighted by Crippen LogP contribution is -2.41. The highest BCUT2D eigenvalue weighted by Gasteiger charge is 2.30. The van der Waals surface area contributed by atoms with Crippen LogP contribution in [0, 0.1) is 26.7 Å². The van der Waals surface area contributed by atoms with Crippen LogP contribution in [-0.4, -0.2) is 46.4 Å². The number of carbonyl (C=O) groups excluding carboxylic acids is 2. The number of piperidine rings is 1. The summed E-state index contributed by atoms with van der Waals surface area (Å²) in [5, 5.41) is 7.62. The zero-order valence-electron chi connectivity index (χ0n) is 20.3. The average molecular weight is 475 g/mol. The lowest BCUT2D eigenvalue weighted by molar-refractivity contribution is -0.121. The van der Waals surface area contributed by atoms with Crippen LogP contribution in [0.5, 0.6) is 11.5 Å². The van der Waals surface area contributed by atoms with Gasteiger partial charge < -0.3 is 19.7 Å². The fraction of sp³-hybridized carbons (Fsp3) is 0.370. The number of anilines is 1. The van der Waals surface area contributed by atoms with Crippen LogP contribution < -0.4 is 14.8 Å². The normalized spacial score (nSPS) is 15.3.